The summed E-state index contributed by atoms with van der Waals surface area (Å²) in [6.45, 7) is 7.80. The normalized spacial score (nSPS) is 24.4. The molecule has 4 rings (SSSR count). The number of amides is 1. The predicted octanol–water partition coefficient (Wildman–Crippen LogP) is 1.27. The summed E-state index contributed by atoms with van der Waals surface area (Å²) < 4.78 is 0. The van der Waals surface area contributed by atoms with Gasteiger partial charge in [0.1, 0.15) is 11.6 Å². The number of fused-ring (bicyclic) bond motifs is 1. The van der Waals surface area contributed by atoms with Crippen LogP contribution in [-0.4, -0.2) is 53.5 Å². The van der Waals surface area contributed by atoms with Crippen LogP contribution in [-0.2, 0) is 17.8 Å². The Morgan fingerprint density at radius 3 is 2.96 bits per heavy atom. The lowest BCUT2D eigenvalue weighted by atomic mass is 9.96. The Labute approximate surface area is 143 Å². The molecule has 0 aromatic carbocycles. The van der Waals surface area contributed by atoms with Crippen molar-refractivity contribution in [3.05, 3.63) is 17.1 Å². The fourth-order valence-electron chi connectivity index (χ4n) is 4.34. The van der Waals surface area contributed by atoms with Crippen LogP contribution in [0.5, 0.6) is 0 Å². The van der Waals surface area contributed by atoms with Gasteiger partial charge in [0.05, 0.1) is 5.69 Å². The highest BCUT2D eigenvalue weighted by atomic mass is 16.2. The van der Waals surface area contributed by atoms with Gasteiger partial charge < -0.3 is 15.1 Å². The second-order valence-corrected chi connectivity index (χ2v) is 7.34. The van der Waals surface area contributed by atoms with Crippen LogP contribution in [0.3, 0.4) is 0 Å². The van der Waals surface area contributed by atoms with Crippen LogP contribution >= 0.6 is 0 Å². The third kappa shape index (κ3) is 3.11. The Hall–Kier alpha value is -1.69. The van der Waals surface area contributed by atoms with E-state index in [9.17, 15) is 4.79 Å². The number of nitrogens with zero attached hydrogens (tertiary/aromatic N) is 4. The largest absolute Gasteiger partial charge is 0.356 e. The van der Waals surface area contributed by atoms with Gasteiger partial charge in [-0.05, 0) is 45.1 Å². The van der Waals surface area contributed by atoms with E-state index in [-0.39, 0.29) is 0 Å². The SMILES string of the molecule is Cc1nc2c(c(N3CCC[C@@H](CN4CCCC4=O)C3)n1)CCNC2. The molecule has 1 N–H and O–H groups in total. The molecule has 3 aliphatic heterocycles. The summed E-state index contributed by atoms with van der Waals surface area (Å²) in [5, 5.41) is 3.41. The summed E-state index contributed by atoms with van der Waals surface area (Å²) in [7, 11) is 0. The zero-order valence-corrected chi connectivity index (χ0v) is 14.6. The maximum Gasteiger partial charge on any atom is 0.222 e. The monoisotopic (exact) mass is 329 g/mol. The standard InChI is InChI=1S/C18H27N5O/c1-13-20-16-10-19-7-6-15(16)18(21-13)23-9-2-4-14(12-23)11-22-8-3-5-17(22)24/h14,19H,2-12H2,1H3/t14-/m0/s1. The first-order chi connectivity index (χ1) is 11.7. The molecule has 2 fully saturated rings. The second-order valence-electron chi connectivity index (χ2n) is 7.34. The van der Waals surface area contributed by atoms with Crippen molar-refractivity contribution in [2.24, 2.45) is 5.92 Å². The van der Waals surface area contributed by atoms with Gasteiger partial charge in [-0.15, -0.1) is 0 Å². The minimum atomic E-state index is 0.341. The molecule has 0 bridgehead atoms. The van der Waals surface area contributed by atoms with E-state index in [0.717, 1.165) is 70.2 Å². The molecule has 1 atom stereocenters. The fraction of sp³-hybridized carbons (Fsp3) is 0.722. The Bertz CT molecular complexity index is 632. The Kier molecular flexibility index (Phi) is 4.39. The van der Waals surface area contributed by atoms with E-state index in [4.69, 9.17) is 4.98 Å². The van der Waals surface area contributed by atoms with Gasteiger partial charge in [-0.25, -0.2) is 9.97 Å². The molecule has 0 unspecified atom stereocenters. The van der Waals surface area contributed by atoms with Crippen LogP contribution in [0.15, 0.2) is 0 Å². The maximum atomic E-state index is 11.9. The van der Waals surface area contributed by atoms with Crippen molar-refractivity contribution in [3.8, 4) is 0 Å². The van der Waals surface area contributed by atoms with Crippen LogP contribution in [0.4, 0.5) is 5.82 Å². The van der Waals surface area contributed by atoms with E-state index in [2.05, 4.69) is 20.1 Å². The number of carbonyl (C=O) groups is 1. The number of aromatic nitrogens is 2. The lowest BCUT2D eigenvalue weighted by Gasteiger charge is -2.37. The van der Waals surface area contributed by atoms with Crippen LogP contribution in [0.2, 0.25) is 0 Å². The molecule has 3 aliphatic rings. The predicted molar refractivity (Wildman–Crippen MR) is 92.9 cm³/mol. The highest BCUT2D eigenvalue weighted by Crippen LogP contribution is 2.29. The molecule has 0 radical (unpaired) electrons. The summed E-state index contributed by atoms with van der Waals surface area (Å²) in [6, 6.07) is 0. The molecule has 6 heteroatoms. The molecule has 0 saturated carbocycles. The molecular weight excluding hydrogens is 302 g/mol. The van der Waals surface area contributed by atoms with Gasteiger partial charge in [0.2, 0.25) is 5.91 Å². The number of aryl methyl sites for hydroxylation is 1. The number of piperidine rings is 1. The van der Waals surface area contributed by atoms with Gasteiger partial charge in [-0.2, -0.15) is 0 Å². The van der Waals surface area contributed by atoms with Crippen molar-refractivity contribution in [1.82, 2.24) is 20.2 Å². The van der Waals surface area contributed by atoms with Crippen molar-refractivity contribution in [2.45, 2.75) is 45.6 Å². The summed E-state index contributed by atoms with van der Waals surface area (Å²) in [5.41, 5.74) is 2.50. The number of hydrogen-bond acceptors (Lipinski definition) is 5. The zero-order chi connectivity index (χ0) is 16.5. The number of likely N-dealkylation sites (tertiary alicyclic amines) is 1. The molecule has 1 amide bonds. The molecule has 4 heterocycles. The first kappa shape index (κ1) is 15.8. The van der Waals surface area contributed by atoms with Gasteiger partial charge in [0, 0.05) is 44.7 Å². The highest BCUT2D eigenvalue weighted by Gasteiger charge is 2.29. The van der Waals surface area contributed by atoms with E-state index >= 15 is 0 Å². The third-order valence-corrected chi connectivity index (χ3v) is 5.50. The second kappa shape index (κ2) is 6.67. The summed E-state index contributed by atoms with van der Waals surface area (Å²) in [6.07, 6.45) is 5.18. The number of rotatable bonds is 3. The van der Waals surface area contributed by atoms with E-state index in [1.807, 2.05) is 6.92 Å². The molecule has 2 saturated heterocycles. The minimum Gasteiger partial charge on any atom is -0.356 e. The molecule has 1 aromatic rings. The lowest BCUT2D eigenvalue weighted by Crippen LogP contribution is -2.42. The third-order valence-electron chi connectivity index (χ3n) is 5.50. The quantitative estimate of drug-likeness (QED) is 0.905. The van der Waals surface area contributed by atoms with Gasteiger partial charge in [-0.3, -0.25) is 4.79 Å². The molecule has 0 spiro atoms. The van der Waals surface area contributed by atoms with Crippen molar-refractivity contribution in [1.29, 1.82) is 0 Å². The summed E-state index contributed by atoms with van der Waals surface area (Å²) in [4.78, 5) is 25.9. The number of hydrogen-bond donors (Lipinski definition) is 1. The highest BCUT2D eigenvalue weighted by molar-refractivity contribution is 5.78. The van der Waals surface area contributed by atoms with Gasteiger partial charge in [-0.1, -0.05) is 0 Å². The van der Waals surface area contributed by atoms with Crippen molar-refractivity contribution >= 4 is 11.7 Å². The van der Waals surface area contributed by atoms with E-state index in [0.29, 0.717) is 11.8 Å². The van der Waals surface area contributed by atoms with Gasteiger partial charge in [0.25, 0.3) is 0 Å². The van der Waals surface area contributed by atoms with E-state index in [1.54, 1.807) is 0 Å². The fourth-order valence-corrected chi connectivity index (χ4v) is 4.34. The van der Waals surface area contributed by atoms with Crippen LogP contribution in [0.1, 0.15) is 42.8 Å². The lowest BCUT2D eigenvalue weighted by molar-refractivity contribution is -0.128. The van der Waals surface area contributed by atoms with Crippen molar-refractivity contribution in [2.75, 3.05) is 37.6 Å². The summed E-state index contributed by atoms with van der Waals surface area (Å²) >= 11 is 0. The van der Waals surface area contributed by atoms with Crippen molar-refractivity contribution in [3.63, 3.8) is 0 Å². The average molecular weight is 329 g/mol. The smallest absolute Gasteiger partial charge is 0.222 e. The van der Waals surface area contributed by atoms with Gasteiger partial charge >= 0.3 is 0 Å². The molecule has 130 valence electrons. The Morgan fingerprint density at radius 1 is 1.21 bits per heavy atom. The first-order valence-corrected chi connectivity index (χ1v) is 9.30. The van der Waals surface area contributed by atoms with Gasteiger partial charge in [0.15, 0.2) is 0 Å². The average Bonchev–Trinajstić information content (AvgIpc) is 2.99. The Balaban J connectivity index is 1.52. The minimum absolute atomic E-state index is 0.341. The number of carbonyl (C=O) groups excluding carboxylic acids is 1. The molecule has 6 nitrogen and oxygen atoms in total. The Morgan fingerprint density at radius 2 is 2.12 bits per heavy atom. The summed E-state index contributed by atoms with van der Waals surface area (Å²) in [5.74, 6) is 2.92. The van der Waals surface area contributed by atoms with Crippen LogP contribution in [0.25, 0.3) is 0 Å². The molecular formula is C18H27N5O. The molecule has 0 aliphatic carbocycles. The molecule has 24 heavy (non-hydrogen) atoms. The zero-order valence-electron chi connectivity index (χ0n) is 14.6. The number of nitrogens with one attached hydrogen (secondary N) is 1. The maximum absolute atomic E-state index is 11.9. The van der Waals surface area contributed by atoms with Crippen LogP contribution in [0, 0.1) is 12.8 Å². The van der Waals surface area contributed by atoms with Crippen LogP contribution < -0.4 is 10.2 Å². The van der Waals surface area contributed by atoms with E-state index in [1.165, 1.54) is 24.1 Å². The first-order valence-electron chi connectivity index (χ1n) is 9.30. The number of anilines is 1. The van der Waals surface area contributed by atoms with E-state index < -0.39 is 0 Å². The topological polar surface area (TPSA) is 61.4 Å². The van der Waals surface area contributed by atoms with Crippen molar-refractivity contribution < 1.29 is 4.79 Å². The molecule has 1 aromatic heterocycles.